The van der Waals surface area contributed by atoms with Crippen LogP contribution in [0.2, 0.25) is 0 Å². The normalized spacial score (nSPS) is 13.1. The first kappa shape index (κ1) is 10.9. The molecule has 78 valence electrons. The van der Waals surface area contributed by atoms with E-state index in [1.807, 2.05) is 0 Å². The molecule has 14 heavy (non-hydrogen) atoms. The largest absolute Gasteiger partial charge is 0.383 e. The highest BCUT2D eigenvalue weighted by Gasteiger charge is 2.20. The highest BCUT2D eigenvalue weighted by molar-refractivity contribution is 5.40. The zero-order chi connectivity index (χ0) is 10.6. The molecule has 5 nitrogen and oxygen atoms in total. The number of nitrogens with zero attached hydrogens (tertiary/aromatic N) is 1. The summed E-state index contributed by atoms with van der Waals surface area (Å²) in [7, 11) is 3.06. The molecule has 1 aromatic heterocycles. The van der Waals surface area contributed by atoms with E-state index in [0.717, 1.165) is 5.56 Å². The van der Waals surface area contributed by atoms with E-state index in [-0.39, 0.29) is 0 Å². The summed E-state index contributed by atoms with van der Waals surface area (Å²) < 4.78 is 10.1. The Balaban J connectivity index is 2.88. The van der Waals surface area contributed by atoms with Crippen LogP contribution in [0.25, 0.3) is 0 Å². The van der Waals surface area contributed by atoms with Crippen LogP contribution in [-0.4, -0.2) is 25.5 Å². The zero-order valence-electron chi connectivity index (χ0n) is 8.31. The zero-order valence-corrected chi connectivity index (χ0v) is 8.31. The first-order valence-electron chi connectivity index (χ1n) is 4.22. The molecule has 1 rings (SSSR count). The van der Waals surface area contributed by atoms with Crippen molar-refractivity contribution in [2.75, 3.05) is 20.0 Å². The number of hydrogen-bond acceptors (Lipinski definition) is 5. The Bertz CT molecular complexity index is 289. The maximum atomic E-state index is 5.89. The van der Waals surface area contributed by atoms with Crippen LogP contribution in [0, 0.1) is 0 Å². The van der Waals surface area contributed by atoms with Crippen molar-refractivity contribution in [2.45, 2.75) is 12.3 Å². The second-order valence-electron chi connectivity index (χ2n) is 2.84. The Labute approximate surface area is 83.0 Å². The molecule has 0 radical (unpaired) electrons. The van der Waals surface area contributed by atoms with Crippen LogP contribution in [0.4, 0.5) is 5.82 Å². The molecule has 0 aliphatic carbocycles. The smallest absolute Gasteiger partial charge is 0.176 e. The van der Waals surface area contributed by atoms with Crippen LogP contribution in [0.1, 0.15) is 11.6 Å². The monoisotopic (exact) mass is 197 g/mol. The lowest BCUT2D eigenvalue weighted by atomic mass is 10.1. The molecule has 0 bridgehead atoms. The highest BCUT2D eigenvalue weighted by atomic mass is 16.7. The van der Waals surface area contributed by atoms with Crippen LogP contribution in [0.5, 0.6) is 0 Å². The number of pyridine rings is 1. The van der Waals surface area contributed by atoms with Crippen molar-refractivity contribution >= 4 is 5.82 Å². The second-order valence-corrected chi connectivity index (χ2v) is 2.84. The molecule has 0 spiro atoms. The summed E-state index contributed by atoms with van der Waals surface area (Å²) in [5, 5.41) is 0. The maximum Gasteiger partial charge on any atom is 0.176 e. The lowest BCUT2D eigenvalue weighted by molar-refractivity contribution is -0.117. The third-order valence-corrected chi connectivity index (χ3v) is 1.99. The molecule has 1 unspecified atom stereocenters. The minimum absolute atomic E-state index is 0.402. The van der Waals surface area contributed by atoms with Gasteiger partial charge in [-0.25, -0.2) is 4.98 Å². The summed E-state index contributed by atoms with van der Waals surface area (Å²) in [6, 6.07) is 3.14. The number of anilines is 1. The van der Waals surface area contributed by atoms with Gasteiger partial charge in [0.2, 0.25) is 0 Å². The van der Waals surface area contributed by atoms with E-state index in [9.17, 15) is 0 Å². The minimum Gasteiger partial charge on any atom is -0.383 e. The number of rotatable bonds is 4. The molecule has 4 N–H and O–H groups in total. The van der Waals surface area contributed by atoms with Gasteiger partial charge < -0.3 is 20.9 Å². The van der Waals surface area contributed by atoms with Gasteiger partial charge in [-0.05, 0) is 6.07 Å². The predicted molar refractivity (Wildman–Crippen MR) is 53.4 cm³/mol. The lowest BCUT2D eigenvalue weighted by Crippen LogP contribution is -2.30. The number of nitrogens with two attached hydrogens (primary N) is 2. The van der Waals surface area contributed by atoms with Gasteiger partial charge in [0.15, 0.2) is 6.29 Å². The van der Waals surface area contributed by atoms with Crippen LogP contribution in [0.3, 0.4) is 0 Å². The van der Waals surface area contributed by atoms with Gasteiger partial charge in [-0.3, -0.25) is 0 Å². The van der Waals surface area contributed by atoms with Crippen molar-refractivity contribution in [3.05, 3.63) is 23.9 Å². The van der Waals surface area contributed by atoms with Crippen molar-refractivity contribution in [3.63, 3.8) is 0 Å². The van der Waals surface area contributed by atoms with Gasteiger partial charge in [0.1, 0.15) is 5.82 Å². The Morgan fingerprint density at radius 2 is 2.00 bits per heavy atom. The summed E-state index contributed by atoms with van der Waals surface area (Å²) in [6.45, 7) is 0. The van der Waals surface area contributed by atoms with E-state index in [2.05, 4.69) is 4.98 Å². The molecule has 1 atom stereocenters. The molecular formula is C9H15N3O2. The van der Waals surface area contributed by atoms with Gasteiger partial charge in [-0.15, -0.1) is 0 Å². The Morgan fingerprint density at radius 1 is 1.36 bits per heavy atom. The average Bonchev–Trinajstić information content (AvgIpc) is 2.20. The predicted octanol–water partition coefficient (Wildman–Crippen LogP) is 0.282. The van der Waals surface area contributed by atoms with Gasteiger partial charge in [-0.2, -0.15) is 0 Å². The molecule has 0 saturated heterocycles. The van der Waals surface area contributed by atoms with Crippen LogP contribution in [-0.2, 0) is 9.47 Å². The molecule has 0 aliphatic rings. The van der Waals surface area contributed by atoms with E-state index in [1.54, 1.807) is 18.3 Å². The van der Waals surface area contributed by atoms with Crippen molar-refractivity contribution in [1.82, 2.24) is 4.98 Å². The second kappa shape index (κ2) is 4.90. The third kappa shape index (κ3) is 2.20. The molecule has 1 heterocycles. The lowest BCUT2D eigenvalue weighted by Gasteiger charge is -2.21. The summed E-state index contributed by atoms with van der Waals surface area (Å²) >= 11 is 0. The standard InChI is InChI=1S/C9H15N3O2/c1-13-9(14-2)7(10)6-4-3-5-12-8(6)11/h3-5,7,9H,10H2,1-2H3,(H2,11,12). The Hall–Kier alpha value is -1.17. The van der Waals surface area contributed by atoms with E-state index in [0.29, 0.717) is 5.82 Å². The van der Waals surface area contributed by atoms with Gasteiger partial charge in [0.25, 0.3) is 0 Å². The minimum atomic E-state index is -0.513. The van der Waals surface area contributed by atoms with Crippen LogP contribution in [0.15, 0.2) is 18.3 Å². The van der Waals surface area contributed by atoms with Gasteiger partial charge in [-0.1, -0.05) is 6.07 Å². The molecule has 0 saturated carbocycles. The summed E-state index contributed by atoms with van der Waals surface area (Å²) in [6.07, 6.45) is 1.10. The van der Waals surface area contributed by atoms with Gasteiger partial charge in [0.05, 0.1) is 6.04 Å². The third-order valence-electron chi connectivity index (χ3n) is 1.99. The number of nitrogen functional groups attached to an aromatic ring is 1. The van der Waals surface area contributed by atoms with E-state index in [4.69, 9.17) is 20.9 Å². The quantitative estimate of drug-likeness (QED) is 0.677. The van der Waals surface area contributed by atoms with Crippen LogP contribution >= 0.6 is 0 Å². The van der Waals surface area contributed by atoms with Gasteiger partial charge >= 0.3 is 0 Å². The Morgan fingerprint density at radius 3 is 2.50 bits per heavy atom. The fourth-order valence-electron chi connectivity index (χ4n) is 1.25. The number of methoxy groups -OCH3 is 2. The van der Waals surface area contributed by atoms with Gasteiger partial charge in [0, 0.05) is 26.0 Å². The summed E-state index contributed by atoms with van der Waals surface area (Å²) in [5.74, 6) is 0.402. The maximum absolute atomic E-state index is 5.89. The van der Waals surface area contributed by atoms with E-state index in [1.165, 1.54) is 14.2 Å². The average molecular weight is 197 g/mol. The first-order chi connectivity index (χ1) is 6.70. The topological polar surface area (TPSA) is 83.4 Å². The molecule has 0 amide bonds. The number of ether oxygens (including phenoxy) is 2. The summed E-state index contributed by atoms with van der Waals surface area (Å²) in [5.41, 5.74) is 12.3. The van der Waals surface area contributed by atoms with Crippen molar-refractivity contribution in [3.8, 4) is 0 Å². The Kier molecular flexibility index (Phi) is 3.82. The van der Waals surface area contributed by atoms with Crippen LogP contribution < -0.4 is 11.5 Å². The van der Waals surface area contributed by atoms with E-state index >= 15 is 0 Å². The van der Waals surface area contributed by atoms with E-state index < -0.39 is 12.3 Å². The highest BCUT2D eigenvalue weighted by Crippen LogP contribution is 2.20. The first-order valence-corrected chi connectivity index (χ1v) is 4.22. The van der Waals surface area contributed by atoms with Crippen molar-refractivity contribution < 1.29 is 9.47 Å². The molecule has 5 heteroatoms. The molecule has 0 aliphatic heterocycles. The fourth-order valence-corrected chi connectivity index (χ4v) is 1.25. The molecular weight excluding hydrogens is 182 g/mol. The molecule has 1 aromatic rings. The number of hydrogen-bond donors (Lipinski definition) is 2. The fraction of sp³-hybridized carbons (Fsp3) is 0.444. The van der Waals surface area contributed by atoms with Crippen molar-refractivity contribution in [2.24, 2.45) is 5.73 Å². The molecule has 0 fully saturated rings. The summed E-state index contributed by atoms with van der Waals surface area (Å²) in [4.78, 5) is 3.94. The number of aromatic nitrogens is 1. The van der Waals surface area contributed by atoms with Crippen molar-refractivity contribution in [1.29, 1.82) is 0 Å². The molecule has 0 aromatic carbocycles. The SMILES string of the molecule is COC(OC)C(N)c1cccnc1N.